The van der Waals surface area contributed by atoms with Crippen LogP contribution in [0.25, 0.3) is 22.0 Å². The number of aromatic nitrogens is 2. The zero-order valence-electron chi connectivity index (χ0n) is 12.3. The molecule has 4 heteroatoms. The van der Waals surface area contributed by atoms with E-state index in [1.54, 1.807) is 7.11 Å². The van der Waals surface area contributed by atoms with Crippen LogP contribution in [-0.2, 0) is 6.54 Å². The van der Waals surface area contributed by atoms with Gasteiger partial charge >= 0.3 is 0 Å². The number of hydrogen-bond donors (Lipinski definition) is 1. The molecule has 21 heavy (non-hydrogen) atoms. The molecule has 0 spiro atoms. The Labute approximate surface area is 124 Å². The van der Waals surface area contributed by atoms with Crippen molar-refractivity contribution in [2.45, 2.75) is 19.9 Å². The number of methoxy groups -OCH3 is 1. The third kappa shape index (κ3) is 2.23. The smallest absolute Gasteiger partial charge is 0.131 e. The fourth-order valence-corrected chi connectivity index (χ4v) is 2.67. The molecule has 0 amide bonds. The van der Waals surface area contributed by atoms with E-state index in [9.17, 15) is 0 Å². The lowest BCUT2D eigenvalue weighted by Crippen LogP contribution is -2.01. The number of imidazole rings is 1. The first-order valence-electron chi connectivity index (χ1n) is 7.13. The van der Waals surface area contributed by atoms with Gasteiger partial charge in [0.05, 0.1) is 13.4 Å². The minimum absolute atomic E-state index is 0.715. The van der Waals surface area contributed by atoms with Crippen LogP contribution in [0.15, 0.2) is 42.7 Å². The highest BCUT2D eigenvalue weighted by Gasteiger charge is 2.14. The number of aryl methyl sites for hydroxylation is 1. The molecule has 0 atom stereocenters. The first kappa shape index (κ1) is 13.5. The monoisotopic (exact) mass is 281 g/mol. The van der Waals surface area contributed by atoms with E-state index in [2.05, 4.69) is 24.0 Å². The Balaban J connectivity index is 2.22. The molecule has 2 aromatic carbocycles. The van der Waals surface area contributed by atoms with E-state index in [0.717, 1.165) is 40.7 Å². The zero-order chi connectivity index (χ0) is 14.8. The van der Waals surface area contributed by atoms with Crippen LogP contribution in [0.4, 0.5) is 5.82 Å². The van der Waals surface area contributed by atoms with Gasteiger partial charge in [-0.25, -0.2) is 4.98 Å². The molecule has 0 fully saturated rings. The van der Waals surface area contributed by atoms with Crippen LogP contribution in [0, 0.1) is 0 Å². The predicted octanol–water partition coefficient (Wildman–Crippen LogP) is 3.70. The molecule has 0 saturated heterocycles. The third-order valence-electron chi connectivity index (χ3n) is 3.70. The van der Waals surface area contributed by atoms with E-state index in [-0.39, 0.29) is 0 Å². The predicted molar refractivity (Wildman–Crippen MR) is 86.4 cm³/mol. The Morgan fingerprint density at radius 2 is 1.90 bits per heavy atom. The minimum atomic E-state index is 0.715. The van der Waals surface area contributed by atoms with Crippen LogP contribution in [0.3, 0.4) is 0 Å². The lowest BCUT2D eigenvalue weighted by Gasteiger charge is -2.10. The molecule has 1 aromatic heterocycles. The third-order valence-corrected chi connectivity index (χ3v) is 3.70. The molecule has 0 radical (unpaired) electrons. The number of anilines is 1. The van der Waals surface area contributed by atoms with Gasteiger partial charge in [-0.1, -0.05) is 31.2 Å². The second-order valence-corrected chi connectivity index (χ2v) is 5.03. The van der Waals surface area contributed by atoms with E-state index in [1.807, 2.05) is 35.2 Å². The van der Waals surface area contributed by atoms with Crippen molar-refractivity contribution in [3.63, 3.8) is 0 Å². The number of fused-ring (bicyclic) bond motifs is 1. The lowest BCUT2D eigenvalue weighted by molar-refractivity contribution is 0.420. The Morgan fingerprint density at radius 1 is 1.14 bits per heavy atom. The highest BCUT2D eigenvalue weighted by Crippen LogP contribution is 2.35. The van der Waals surface area contributed by atoms with Crippen molar-refractivity contribution < 1.29 is 4.74 Å². The average Bonchev–Trinajstić information content (AvgIpc) is 2.88. The van der Waals surface area contributed by atoms with Crippen molar-refractivity contribution >= 4 is 16.6 Å². The normalized spacial score (nSPS) is 11.0. The summed E-state index contributed by atoms with van der Waals surface area (Å²) in [6, 6.07) is 12.1. The number of rotatable bonds is 4. The van der Waals surface area contributed by atoms with Gasteiger partial charge in [0.25, 0.3) is 0 Å². The summed E-state index contributed by atoms with van der Waals surface area (Å²) in [5, 5.41) is 2.17. The fraction of sp³-hybridized carbons (Fsp3) is 0.235. The summed E-state index contributed by atoms with van der Waals surface area (Å²) in [5.74, 6) is 1.58. The van der Waals surface area contributed by atoms with Gasteiger partial charge < -0.3 is 15.0 Å². The maximum absolute atomic E-state index is 6.25. The molecule has 0 aliphatic rings. The van der Waals surface area contributed by atoms with Crippen molar-refractivity contribution in [3.05, 3.63) is 42.7 Å². The van der Waals surface area contributed by atoms with E-state index in [4.69, 9.17) is 10.5 Å². The van der Waals surface area contributed by atoms with Gasteiger partial charge in [0, 0.05) is 17.5 Å². The number of nitrogen functional groups attached to an aromatic ring is 1. The zero-order valence-corrected chi connectivity index (χ0v) is 12.3. The Hall–Kier alpha value is -2.49. The molecule has 0 saturated carbocycles. The van der Waals surface area contributed by atoms with Crippen molar-refractivity contribution in [3.8, 4) is 17.0 Å². The summed E-state index contributed by atoms with van der Waals surface area (Å²) in [4.78, 5) is 4.51. The van der Waals surface area contributed by atoms with Gasteiger partial charge in [-0.05, 0) is 23.9 Å². The molecule has 0 aliphatic carbocycles. The number of nitrogens with zero attached hydrogens (tertiary/aromatic N) is 2. The molecule has 2 N–H and O–H groups in total. The van der Waals surface area contributed by atoms with E-state index in [0.29, 0.717) is 5.82 Å². The number of ether oxygens (including phenoxy) is 1. The van der Waals surface area contributed by atoms with Crippen LogP contribution in [0.1, 0.15) is 13.3 Å². The summed E-state index contributed by atoms with van der Waals surface area (Å²) in [7, 11) is 1.69. The molecule has 1 heterocycles. The Morgan fingerprint density at radius 3 is 2.62 bits per heavy atom. The number of benzene rings is 2. The topological polar surface area (TPSA) is 53.1 Å². The van der Waals surface area contributed by atoms with Crippen molar-refractivity contribution in [1.82, 2.24) is 9.55 Å². The fourth-order valence-electron chi connectivity index (χ4n) is 2.67. The summed E-state index contributed by atoms with van der Waals surface area (Å²) in [6.45, 7) is 3.01. The standard InChI is InChI=1S/C17H19N3O/c1-3-10-20-11-19-16(17(20)18)14-8-9-15(21-2)13-7-5-4-6-12(13)14/h4-9,11H,3,10,18H2,1-2H3. The molecular formula is C17H19N3O. The van der Waals surface area contributed by atoms with Gasteiger partial charge in [0.15, 0.2) is 0 Å². The molecule has 0 aliphatic heterocycles. The molecule has 108 valence electrons. The van der Waals surface area contributed by atoms with Crippen LogP contribution in [0.2, 0.25) is 0 Å². The van der Waals surface area contributed by atoms with Crippen LogP contribution in [-0.4, -0.2) is 16.7 Å². The van der Waals surface area contributed by atoms with E-state index >= 15 is 0 Å². The van der Waals surface area contributed by atoms with E-state index < -0.39 is 0 Å². The number of hydrogen-bond acceptors (Lipinski definition) is 3. The number of nitrogens with two attached hydrogens (primary N) is 1. The summed E-state index contributed by atoms with van der Waals surface area (Å²) in [6.07, 6.45) is 2.84. The Kier molecular flexibility index (Phi) is 3.52. The first-order chi connectivity index (χ1) is 10.3. The van der Waals surface area contributed by atoms with Gasteiger partial charge in [0.1, 0.15) is 17.3 Å². The highest BCUT2D eigenvalue weighted by atomic mass is 16.5. The summed E-state index contributed by atoms with van der Waals surface area (Å²) in [5.41, 5.74) is 8.13. The second kappa shape index (κ2) is 5.48. The summed E-state index contributed by atoms with van der Waals surface area (Å²) < 4.78 is 7.43. The highest BCUT2D eigenvalue weighted by molar-refractivity contribution is 6.00. The van der Waals surface area contributed by atoms with Crippen LogP contribution < -0.4 is 10.5 Å². The minimum Gasteiger partial charge on any atom is -0.496 e. The van der Waals surface area contributed by atoms with Gasteiger partial charge in [-0.3, -0.25) is 0 Å². The second-order valence-electron chi connectivity index (χ2n) is 5.03. The van der Waals surface area contributed by atoms with Gasteiger partial charge in [0.2, 0.25) is 0 Å². The van der Waals surface area contributed by atoms with E-state index in [1.165, 1.54) is 0 Å². The summed E-state index contributed by atoms with van der Waals surface area (Å²) >= 11 is 0. The first-order valence-corrected chi connectivity index (χ1v) is 7.13. The van der Waals surface area contributed by atoms with Crippen molar-refractivity contribution in [2.75, 3.05) is 12.8 Å². The van der Waals surface area contributed by atoms with Gasteiger partial charge in [-0.2, -0.15) is 0 Å². The maximum Gasteiger partial charge on any atom is 0.131 e. The molecule has 0 unspecified atom stereocenters. The van der Waals surface area contributed by atoms with Crippen LogP contribution >= 0.6 is 0 Å². The molecule has 3 aromatic rings. The van der Waals surface area contributed by atoms with Crippen LogP contribution in [0.5, 0.6) is 5.75 Å². The van der Waals surface area contributed by atoms with Crippen molar-refractivity contribution in [1.29, 1.82) is 0 Å². The molecule has 0 bridgehead atoms. The molecule has 3 rings (SSSR count). The lowest BCUT2D eigenvalue weighted by atomic mass is 10.0. The maximum atomic E-state index is 6.25. The largest absolute Gasteiger partial charge is 0.496 e. The average molecular weight is 281 g/mol. The van der Waals surface area contributed by atoms with Gasteiger partial charge in [-0.15, -0.1) is 0 Å². The Bertz CT molecular complexity index is 777. The quantitative estimate of drug-likeness (QED) is 0.793. The molecule has 4 nitrogen and oxygen atoms in total. The van der Waals surface area contributed by atoms with Crippen molar-refractivity contribution in [2.24, 2.45) is 0 Å². The SMILES string of the molecule is CCCn1cnc(-c2ccc(OC)c3ccccc23)c1N. The molecular weight excluding hydrogens is 262 g/mol.